The van der Waals surface area contributed by atoms with Gasteiger partial charge in [-0.1, -0.05) is 12.1 Å². The molecular formula is C24H15N5O11. The quantitative estimate of drug-likeness (QED) is 0.184. The summed E-state index contributed by atoms with van der Waals surface area (Å²) in [6.45, 7) is 0. The van der Waals surface area contributed by atoms with Gasteiger partial charge in [-0.15, -0.1) is 0 Å². The van der Waals surface area contributed by atoms with Crippen LogP contribution in [0.4, 0.5) is 27.5 Å². The van der Waals surface area contributed by atoms with Crippen molar-refractivity contribution >= 4 is 46.7 Å². The van der Waals surface area contributed by atoms with E-state index in [1.807, 2.05) is 5.32 Å². The van der Waals surface area contributed by atoms with Crippen molar-refractivity contribution in [2.75, 3.05) is 12.0 Å². The molecule has 16 heteroatoms. The van der Waals surface area contributed by atoms with Crippen molar-refractivity contribution in [1.82, 2.24) is 5.32 Å². The number of nitro benzene ring substituents is 3. The molecule has 1 saturated heterocycles. The number of imide groups is 2. The van der Waals surface area contributed by atoms with Crippen molar-refractivity contribution in [3.05, 3.63) is 102 Å². The molecular weight excluding hydrogens is 534 g/mol. The number of non-ortho nitro benzene ring substituents is 2. The molecule has 0 spiro atoms. The summed E-state index contributed by atoms with van der Waals surface area (Å²) in [5, 5.41) is 35.5. The second kappa shape index (κ2) is 10.7. The van der Waals surface area contributed by atoms with E-state index < -0.39 is 49.6 Å². The van der Waals surface area contributed by atoms with Crippen LogP contribution >= 0.6 is 0 Å². The van der Waals surface area contributed by atoms with Gasteiger partial charge in [-0.25, -0.2) is 9.69 Å². The van der Waals surface area contributed by atoms with E-state index in [-0.39, 0.29) is 34.2 Å². The maximum atomic E-state index is 13.1. The first kappa shape index (κ1) is 26.9. The van der Waals surface area contributed by atoms with Gasteiger partial charge in [0.2, 0.25) is 5.75 Å². The molecule has 1 N–H and O–H groups in total. The number of nitrogens with one attached hydrogen (secondary N) is 1. The van der Waals surface area contributed by atoms with Crippen molar-refractivity contribution in [3.63, 3.8) is 0 Å². The number of barbiturate groups is 1. The summed E-state index contributed by atoms with van der Waals surface area (Å²) in [6, 6.07) is 10.4. The van der Waals surface area contributed by atoms with E-state index >= 15 is 0 Å². The van der Waals surface area contributed by atoms with Gasteiger partial charge in [-0.3, -0.25) is 45.2 Å². The Kier molecular flexibility index (Phi) is 7.16. The van der Waals surface area contributed by atoms with Gasteiger partial charge in [0.25, 0.3) is 23.2 Å². The number of benzene rings is 3. The Morgan fingerprint density at radius 1 is 0.800 bits per heavy atom. The standard InChI is InChI=1S/C24H15N5O11/c1-39-21-10-13(5-7-20(21)40-19-8-6-16(28(35)36)12-18(19)29(37)38)9-17-22(30)25-24(32)26(23(17)31)14-3-2-4-15(11-14)27(33)34/h2-12H,1H3,(H,25,30,32)/b17-9+. The number of carbonyl (C=O) groups is 3. The fraction of sp³-hybridized carbons (Fsp3) is 0.0417. The smallest absolute Gasteiger partial charge is 0.335 e. The Bertz CT molecular complexity index is 1650. The van der Waals surface area contributed by atoms with Crippen molar-refractivity contribution in [3.8, 4) is 17.2 Å². The molecule has 1 aliphatic rings. The van der Waals surface area contributed by atoms with E-state index in [1.54, 1.807) is 0 Å². The summed E-state index contributed by atoms with van der Waals surface area (Å²) >= 11 is 0. The number of rotatable bonds is 8. The zero-order valence-corrected chi connectivity index (χ0v) is 20.1. The van der Waals surface area contributed by atoms with Crippen LogP contribution in [0.25, 0.3) is 6.08 Å². The number of hydrogen-bond acceptors (Lipinski definition) is 11. The maximum Gasteiger partial charge on any atom is 0.335 e. The number of urea groups is 1. The van der Waals surface area contributed by atoms with Crippen molar-refractivity contribution in [2.45, 2.75) is 0 Å². The Hall–Kier alpha value is -6.19. The minimum atomic E-state index is -1.10. The summed E-state index contributed by atoms with van der Waals surface area (Å²) in [6.07, 6.45) is 1.13. The summed E-state index contributed by atoms with van der Waals surface area (Å²) in [5.41, 5.74) is -1.96. The van der Waals surface area contributed by atoms with E-state index in [1.165, 1.54) is 43.5 Å². The van der Waals surface area contributed by atoms with Crippen LogP contribution in [0, 0.1) is 30.3 Å². The Morgan fingerprint density at radius 2 is 1.48 bits per heavy atom. The Morgan fingerprint density at radius 3 is 2.12 bits per heavy atom. The normalized spacial score (nSPS) is 14.1. The highest BCUT2D eigenvalue weighted by molar-refractivity contribution is 6.39. The average molecular weight is 549 g/mol. The van der Waals surface area contributed by atoms with Gasteiger partial charge in [0.1, 0.15) is 5.57 Å². The lowest BCUT2D eigenvalue weighted by Crippen LogP contribution is -2.54. The number of nitro groups is 3. The van der Waals surface area contributed by atoms with Gasteiger partial charge in [0.05, 0.1) is 33.6 Å². The van der Waals surface area contributed by atoms with E-state index in [4.69, 9.17) is 9.47 Å². The first-order valence-electron chi connectivity index (χ1n) is 10.9. The third-order valence-corrected chi connectivity index (χ3v) is 5.47. The topological polar surface area (TPSA) is 214 Å². The molecule has 0 aliphatic carbocycles. The molecule has 1 fully saturated rings. The van der Waals surface area contributed by atoms with Crippen LogP contribution in [-0.2, 0) is 9.59 Å². The zero-order chi connectivity index (χ0) is 29.1. The summed E-state index contributed by atoms with van der Waals surface area (Å²) in [5.74, 6) is -2.40. The molecule has 3 aromatic rings. The van der Waals surface area contributed by atoms with E-state index in [0.29, 0.717) is 4.90 Å². The van der Waals surface area contributed by atoms with E-state index in [9.17, 15) is 44.7 Å². The van der Waals surface area contributed by atoms with Crippen LogP contribution in [0.5, 0.6) is 17.2 Å². The highest BCUT2D eigenvalue weighted by Gasteiger charge is 2.37. The molecule has 4 rings (SSSR count). The number of hydrogen-bond donors (Lipinski definition) is 1. The molecule has 0 atom stereocenters. The molecule has 0 unspecified atom stereocenters. The number of amides is 4. The minimum Gasteiger partial charge on any atom is -0.493 e. The summed E-state index contributed by atoms with van der Waals surface area (Å²) in [7, 11) is 1.25. The van der Waals surface area contributed by atoms with Crippen molar-refractivity contribution in [2.24, 2.45) is 0 Å². The highest BCUT2D eigenvalue weighted by Crippen LogP contribution is 2.38. The second-order valence-corrected chi connectivity index (χ2v) is 7.91. The fourth-order valence-electron chi connectivity index (χ4n) is 3.63. The molecule has 0 aromatic heterocycles. The highest BCUT2D eigenvalue weighted by atomic mass is 16.6. The van der Waals surface area contributed by atoms with Crippen LogP contribution < -0.4 is 19.7 Å². The van der Waals surface area contributed by atoms with Gasteiger partial charge in [0.15, 0.2) is 11.5 Å². The monoisotopic (exact) mass is 549 g/mol. The van der Waals surface area contributed by atoms with Crippen LogP contribution in [-0.4, -0.2) is 39.7 Å². The van der Waals surface area contributed by atoms with Crippen LogP contribution in [0.15, 0.2) is 66.2 Å². The van der Waals surface area contributed by atoms with Crippen LogP contribution in [0.1, 0.15) is 5.56 Å². The third kappa shape index (κ3) is 5.25. The number of nitrogens with zero attached hydrogens (tertiary/aromatic N) is 4. The Balaban J connectivity index is 1.67. The van der Waals surface area contributed by atoms with Gasteiger partial charge >= 0.3 is 11.7 Å². The zero-order valence-electron chi connectivity index (χ0n) is 20.1. The molecule has 40 heavy (non-hydrogen) atoms. The molecule has 1 aliphatic heterocycles. The lowest BCUT2D eigenvalue weighted by atomic mass is 10.1. The number of methoxy groups -OCH3 is 1. The first-order chi connectivity index (χ1) is 19.0. The van der Waals surface area contributed by atoms with Crippen LogP contribution in [0.3, 0.4) is 0 Å². The summed E-state index contributed by atoms with van der Waals surface area (Å²) in [4.78, 5) is 69.7. The fourth-order valence-corrected chi connectivity index (χ4v) is 3.63. The van der Waals surface area contributed by atoms with E-state index in [0.717, 1.165) is 30.3 Å². The predicted molar refractivity (Wildman–Crippen MR) is 135 cm³/mol. The third-order valence-electron chi connectivity index (χ3n) is 5.47. The van der Waals surface area contributed by atoms with E-state index in [2.05, 4.69) is 0 Å². The number of anilines is 1. The first-order valence-corrected chi connectivity index (χ1v) is 10.9. The largest absolute Gasteiger partial charge is 0.493 e. The van der Waals surface area contributed by atoms with Crippen LogP contribution in [0.2, 0.25) is 0 Å². The molecule has 3 aromatic carbocycles. The molecule has 0 radical (unpaired) electrons. The van der Waals surface area contributed by atoms with Crippen molar-refractivity contribution < 1.29 is 38.6 Å². The Labute approximate surface area is 222 Å². The minimum absolute atomic E-state index is 0.0114. The number of ether oxygens (including phenoxy) is 2. The second-order valence-electron chi connectivity index (χ2n) is 7.91. The molecule has 1 heterocycles. The lowest BCUT2D eigenvalue weighted by molar-refractivity contribution is -0.394. The summed E-state index contributed by atoms with van der Waals surface area (Å²) < 4.78 is 10.8. The molecule has 0 saturated carbocycles. The maximum absolute atomic E-state index is 13.1. The van der Waals surface area contributed by atoms with Gasteiger partial charge in [-0.2, -0.15) is 0 Å². The molecule has 4 amide bonds. The van der Waals surface area contributed by atoms with Gasteiger partial charge in [-0.05, 0) is 35.9 Å². The number of carbonyl (C=O) groups excluding carboxylic acids is 3. The molecule has 0 bridgehead atoms. The van der Waals surface area contributed by atoms with Crippen molar-refractivity contribution in [1.29, 1.82) is 0 Å². The lowest BCUT2D eigenvalue weighted by Gasteiger charge is -2.26. The SMILES string of the molecule is COc1cc(/C=C2\C(=O)NC(=O)N(c3cccc([N+](=O)[O-])c3)C2=O)ccc1Oc1ccc([N+](=O)[O-])cc1[N+](=O)[O-]. The molecule has 202 valence electrons. The average Bonchev–Trinajstić information content (AvgIpc) is 2.91. The predicted octanol–water partition coefficient (Wildman–Crippen LogP) is 3.88. The van der Waals surface area contributed by atoms with Gasteiger partial charge in [0, 0.05) is 18.2 Å². The molecule has 16 nitrogen and oxygen atoms in total. The van der Waals surface area contributed by atoms with Gasteiger partial charge < -0.3 is 9.47 Å².